The normalized spacial score (nSPS) is 12.4. The first-order valence-electron chi connectivity index (χ1n) is 5.45. The third-order valence-electron chi connectivity index (χ3n) is 2.37. The van der Waals surface area contributed by atoms with Gasteiger partial charge in [-0.2, -0.15) is 4.37 Å². The summed E-state index contributed by atoms with van der Waals surface area (Å²) in [6.07, 6.45) is -0.585. The van der Waals surface area contributed by atoms with Gasteiger partial charge in [0.15, 0.2) is 4.34 Å². The number of aromatic nitrogens is 2. The van der Waals surface area contributed by atoms with Crippen molar-refractivity contribution < 1.29 is 9.84 Å². The summed E-state index contributed by atoms with van der Waals surface area (Å²) >= 11 is 2.86. The lowest BCUT2D eigenvalue weighted by atomic mass is 10.1. The summed E-state index contributed by atoms with van der Waals surface area (Å²) in [6.45, 7) is 3.59. The van der Waals surface area contributed by atoms with Crippen molar-refractivity contribution in [1.29, 1.82) is 0 Å². The van der Waals surface area contributed by atoms with Crippen LogP contribution in [0.2, 0.25) is 0 Å². The van der Waals surface area contributed by atoms with E-state index in [0.29, 0.717) is 5.75 Å². The van der Waals surface area contributed by atoms with Crippen LogP contribution in [0.5, 0.6) is 5.75 Å². The third kappa shape index (κ3) is 2.82. The second-order valence-corrected chi connectivity index (χ2v) is 5.80. The van der Waals surface area contributed by atoms with E-state index in [0.717, 1.165) is 20.6 Å². The number of ether oxygens (including phenoxy) is 1. The Balaban J connectivity index is 2.37. The molecule has 0 saturated heterocycles. The van der Waals surface area contributed by atoms with Crippen LogP contribution in [-0.4, -0.2) is 21.6 Å². The number of hydrogen-bond acceptors (Lipinski definition) is 6. The lowest BCUT2D eigenvalue weighted by Gasteiger charge is -2.14. The minimum atomic E-state index is -0.585. The molecule has 1 aromatic heterocycles. The molecule has 0 radical (unpaired) electrons. The Labute approximate surface area is 114 Å². The third-order valence-corrected chi connectivity index (χ3v) is 4.29. The van der Waals surface area contributed by atoms with Crippen LogP contribution in [-0.2, 0) is 0 Å². The number of nitrogens with zero attached hydrogens (tertiary/aromatic N) is 2. The predicted octanol–water partition coefficient (Wildman–Crippen LogP) is 3.06. The summed E-state index contributed by atoms with van der Waals surface area (Å²) in [5.74, 6) is 1.46. The van der Waals surface area contributed by atoms with Gasteiger partial charge in [-0.25, -0.2) is 4.98 Å². The number of aliphatic hydroxyl groups excluding tert-OH is 1. The van der Waals surface area contributed by atoms with E-state index < -0.39 is 6.10 Å². The van der Waals surface area contributed by atoms with Gasteiger partial charge in [-0.1, -0.05) is 17.8 Å². The zero-order valence-electron chi connectivity index (χ0n) is 10.4. The number of aliphatic hydroxyl groups is 1. The van der Waals surface area contributed by atoms with E-state index in [1.54, 1.807) is 14.0 Å². The monoisotopic (exact) mass is 282 g/mol. The highest BCUT2D eigenvalue weighted by Gasteiger charge is 2.16. The Morgan fingerprint density at radius 1 is 1.44 bits per heavy atom. The second kappa shape index (κ2) is 5.69. The summed E-state index contributed by atoms with van der Waals surface area (Å²) in [5, 5.41) is 9.87. The lowest BCUT2D eigenvalue weighted by molar-refractivity contribution is 0.191. The van der Waals surface area contributed by atoms with Crippen molar-refractivity contribution in [1.82, 2.24) is 9.36 Å². The number of aryl methyl sites for hydroxylation is 1. The first kappa shape index (κ1) is 13.3. The van der Waals surface area contributed by atoms with Crippen LogP contribution in [0.4, 0.5) is 0 Å². The fraction of sp³-hybridized carbons (Fsp3) is 0.333. The van der Waals surface area contributed by atoms with Crippen LogP contribution >= 0.6 is 23.3 Å². The van der Waals surface area contributed by atoms with Gasteiger partial charge in [0.2, 0.25) is 0 Å². The maximum absolute atomic E-state index is 9.87. The largest absolute Gasteiger partial charge is 0.496 e. The highest BCUT2D eigenvalue weighted by Crippen LogP contribution is 2.38. The Morgan fingerprint density at radius 2 is 2.22 bits per heavy atom. The van der Waals surface area contributed by atoms with E-state index in [2.05, 4.69) is 9.36 Å². The molecule has 0 bridgehead atoms. The second-order valence-electron chi connectivity index (χ2n) is 3.76. The van der Waals surface area contributed by atoms with Crippen molar-refractivity contribution in [3.63, 3.8) is 0 Å². The van der Waals surface area contributed by atoms with Gasteiger partial charge in [-0.15, -0.1) is 0 Å². The molecule has 6 heteroatoms. The van der Waals surface area contributed by atoms with Crippen LogP contribution in [0.15, 0.2) is 27.4 Å². The fourth-order valence-corrected chi connectivity index (χ4v) is 3.46. The topological polar surface area (TPSA) is 55.2 Å². The molecule has 1 N–H and O–H groups in total. The van der Waals surface area contributed by atoms with Crippen LogP contribution in [0.1, 0.15) is 24.4 Å². The molecular formula is C12H14N2O2S2. The first-order valence-corrected chi connectivity index (χ1v) is 7.04. The van der Waals surface area contributed by atoms with Gasteiger partial charge in [0.05, 0.1) is 13.2 Å². The van der Waals surface area contributed by atoms with Crippen molar-refractivity contribution in [2.24, 2.45) is 0 Å². The molecule has 0 aliphatic rings. The molecule has 1 atom stereocenters. The van der Waals surface area contributed by atoms with Gasteiger partial charge in [0.1, 0.15) is 11.6 Å². The van der Waals surface area contributed by atoms with Crippen molar-refractivity contribution in [2.75, 3.05) is 7.11 Å². The minimum absolute atomic E-state index is 0.585. The van der Waals surface area contributed by atoms with Gasteiger partial charge < -0.3 is 9.84 Å². The molecule has 96 valence electrons. The predicted molar refractivity (Wildman–Crippen MR) is 72.4 cm³/mol. The molecule has 0 amide bonds. The molecule has 0 saturated carbocycles. The van der Waals surface area contributed by atoms with E-state index in [9.17, 15) is 5.11 Å². The maximum atomic E-state index is 9.87. The summed E-state index contributed by atoms with van der Waals surface area (Å²) in [7, 11) is 1.60. The zero-order valence-corrected chi connectivity index (χ0v) is 12.0. The Morgan fingerprint density at radius 3 is 2.78 bits per heavy atom. The van der Waals surface area contributed by atoms with Crippen LogP contribution in [0.25, 0.3) is 0 Å². The van der Waals surface area contributed by atoms with Gasteiger partial charge in [0, 0.05) is 10.5 Å². The molecule has 2 aromatic rings. The fourth-order valence-electron chi connectivity index (χ4n) is 1.62. The summed E-state index contributed by atoms with van der Waals surface area (Å²) in [4.78, 5) is 5.25. The molecule has 4 nitrogen and oxygen atoms in total. The highest BCUT2D eigenvalue weighted by molar-refractivity contribution is 8.01. The summed E-state index contributed by atoms with van der Waals surface area (Å²) in [5.41, 5.74) is 0.790. The molecule has 0 aliphatic heterocycles. The minimum Gasteiger partial charge on any atom is -0.496 e. The number of hydrogen-bond donors (Lipinski definition) is 1. The average Bonchev–Trinajstić information content (AvgIpc) is 2.74. The van der Waals surface area contributed by atoms with Crippen LogP contribution in [0.3, 0.4) is 0 Å². The quantitative estimate of drug-likeness (QED) is 0.934. The zero-order chi connectivity index (χ0) is 13.1. The maximum Gasteiger partial charge on any atom is 0.174 e. The van der Waals surface area contributed by atoms with Gasteiger partial charge in [-0.3, -0.25) is 0 Å². The Bertz CT molecular complexity index is 541. The van der Waals surface area contributed by atoms with Crippen molar-refractivity contribution in [3.05, 3.63) is 29.6 Å². The number of benzene rings is 1. The molecule has 1 aromatic carbocycles. The molecular weight excluding hydrogens is 268 g/mol. The standard InChI is InChI=1S/C12H14N2O2S2/c1-7(15)11-9(16-3)5-4-6-10(11)17-12-13-8(2)14-18-12/h4-7,15H,1-3H3/t7-/m0/s1. The van der Waals surface area contributed by atoms with Gasteiger partial charge in [0.25, 0.3) is 0 Å². The molecule has 0 spiro atoms. The smallest absolute Gasteiger partial charge is 0.174 e. The SMILES string of the molecule is COc1cccc(Sc2nc(C)ns2)c1[C@H](C)O. The van der Waals surface area contributed by atoms with E-state index in [-0.39, 0.29) is 0 Å². The molecule has 2 rings (SSSR count). The van der Waals surface area contributed by atoms with Crippen LogP contribution in [0, 0.1) is 6.92 Å². The Hall–Kier alpha value is -1.11. The molecule has 1 heterocycles. The number of methoxy groups -OCH3 is 1. The van der Waals surface area contributed by atoms with E-state index in [4.69, 9.17) is 4.74 Å². The van der Waals surface area contributed by atoms with E-state index in [1.807, 2.05) is 25.1 Å². The first-order chi connectivity index (χ1) is 8.61. The van der Waals surface area contributed by atoms with E-state index in [1.165, 1.54) is 23.3 Å². The molecule has 0 unspecified atom stereocenters. The molecule has 18 heavy (non-hydrogen) atoms. The van der Waals surface area contributed by atoms with E-state index >= 15 is 0 Å². The molecule has 0 fully saturated rings. The Kier molecular flexibility index (Phi) is 4.21. The van der Waals surface area contributed by atoms with Gasteiger partial charge in [-0.05, 0) is 37.5 Å². The highest BCUT2D eigenvalue weighted by atomic mass is 32.2. The lowest BCUT2D eigenvalue weighted by Crippen LogP contribution is -1.98. The summed E-state index contributed by atoms with van der Waals surface area (Å²) in [6, 6.07) is 5.70. The van der Waals surface area contributed by atoms with Gasteiger partial charge >= 0.3 is 0 Å². The molecule has 0 aliphatic carbocycles. The number of rotatable bonds is 4. The summed E-state index contributed by atoms with van der Waals surface area (Å²) < 4.78 is 10.3. The average molecular weight is 282 g/mol. The van der Waals surface area contributed by atoms with Crippen molar-refractivity contribution in [3.8, 4) is 5.75 Å². The van der Waals surface area contributed by atoms with Crippen molar-refractivity contribution in [2.45, 2.75) is 29.2 Å². The van der Waals surface area contributed by atoms with Crippen LogP contribution < -0.4 is 4.74 Å². The van der Waals surface area contributed by atoms with Crippen molar-refractivity contribution >= 4 is 23.3 Å².